The average molecular weight is 418 g/mol. The van der Waals surface area contributed by atoms with Gasteiger partial charge in [0.05, 0.1) is 12.2 Å². The summed E-state index contributed by atoms with van der Waals surface area (Å²) in [5, 5.41) is 33.6. The Hall–Kier alpha value is -1.83. The summed E-state index contributed by atoms with van der Waals surface area (Å²) in [5.74, 6) is -1.79. The molecule has 30 heavy (non-hydrogen) atoms. The third-order valence-corrected chi connectivity index (χ3v) is 8.55. The average Bonchev–Trinajstić information content (AvgIpc) is 2.87. The highest BCUT2D eigenvalue weighted by molar-refractivity contribution is 6.01. The van der Waals surface area contributed by atoms with E-state index in [0.29, 0.717) is 12.8 Å². The molecule has 4 aliphatic carbocycles. The third kappa shape index (κ3) is 2.71. The van der Waals surface area contributed by atoms with Gasteiger partial charge < -0.3 is 20.1 Å². The maximum absolute atomic E-state index is 12.9. The molecule has 0 aliphatic heterocycles. The van der Waals surface area contributed by atoms with Crippen molar-refractivity contribution in [2.24, 2.45) is 28.6 Å². The van der Waals surface area contributed by atoms with Gasteiger partial charge in [0.15, 0.2) is 18.0 Å². The first-order valence-electron chi connectivity index (χ1n) is 10.6. The van der Waals surface area contributed by atoms with Crippen LogP contribution < -0.4 is 0 Å². The van der Waals surface area contributed by atoms with Crippen LogP contribution in [0.25, 0.3) is 0 Å². The van der Waals surface area contributed by atoms with E-state index in [1.54, 1.807) is 19.1 Å². The van der Waals surface area contributed by atoms with Crippen molar-refractivity contribution in [2.75, 3.05) is 6.61 Å². The fourth-order valence-corrected chi connectivity index (χ4v) is 7.12. The molecule has 0 aromatic rings. The lowest BCUT2D eigenvalue weighted by Gasteiger charge is -2.59. The predicted molar refractivity (Wildman–Crippen MR) is 106 cm³/mol. The van der Waals surface area contributed by atoms with Crippen LogP contribution in [0.5, 0.6) is 0 Å². The minimum Gasteiger partial charge on any atom is -0.458 e. The highest BCUT2D eigenvalue weighted by Crippen LogP contribution is 2.67. The number of hydrogen-bond acceptors (Lipinski definition) is 7. The molecule has 0 saturated heterocycles. The Bertz CT molecular complexity index is 860. The molecule has 0 bridgehead atoms. The molecule has 8 atom stereocenters. The molecule has 7 heteroatoms. The fraction of sp³-hybridized carbons (Fsp3) is 0.696. The quantitative estimate of drug-likeness (QED) is 0.587. The lowest BCUT2D eigenvalue weighted by Crippen LogP contribution is -2.63. The molecule has 0 amide bonds. The van der Waals surface area contributed by atoms with Crippen molar-refractivity contribution < 1.29 is 34.4 Å². The van der Waals surface area contributed by atoms with Crippen LogP contribution in [0.4, 0.5) is 0 Å². The van der Waals surface area contributed by atoms with E-state index in [1.807, 2.05) is 13.0 Å². The minimum absolute atomic E-state index is 0.0241. The van der Waals surface area contributed by atoms with Gasteiger partial charge in [0, 0.05) is 23.7 Å². The lowest BCUT2D eigenvalue weighted by atomic mass is 9.46. The SMILES string of the molecule is CC(=O)OCC(=O)C1(O)C(O)CC2C3CCC4=CC(=O)C=CC4(C)C3C(O)CC21C. The molecule has 8 unspecified atom stereocenters. The van der Waals surface area contributed by atoms with Gasteiger partial charge in [-0.3, -0.25) is 14.4 Å². The van der Waals surface area contributed by atoms with Crippen LogP contribution in [0.15, 0.2) is 23.8 Å². The predicted octanol–water partition coefficient (Wildman–Crippen LogP) is 1.10. The van der Waals surface area contributed by atoms with Crippen molar-refractivity contribution in [1.29, 1.82) is 0 Å². The van der Waals surface area contributed by atoms with E-state index in [2.05, 4.69) is 0 Å². The van der Waals surface area contributed by atoms with Gasteiger partial charge in [0.1, 0.15) is 0 Å². The first kappa shape index (κ1) is 21.4. The van der Waals surface area contributed by atoms with Crippen molar-refractivity contribution in [3.05, 3.63) is 23.8 Å². The van der Waals surface area contributed by atoms with Gasteiger partial charge in [-0.1, -0.05) is 25.5 Å². The molecule has 3 saturated carbocycles. The molecule has 0 aromatic carbocycles. The Morgan fingerprint density at radius 3 is 2.63 bits per heavy atom. The van der Waals surface area contributed by atoms with Gasteiger partial charge in [0.2, 0.25) is 5.78 Å². The normalized spacial score (nSPS) is 47.1. The molecular weight excluding hydrogens is 388 g/mol. The number of ether oxygens (including phenoxy) is 1. The van der Waals surface area contributed by atoms with Gasteiger partial charge >= 0.3 is 5.97 Å². The van der Waals surface area contributed by atoms with Crippen molar-refractivity contribution in [2.45, 2.75) is 64.3 Å². The molecule has 0 aromatic heterocycles. The molecule has 0 radical (unpaired) electrons. The Labute approximate surface area is 175 Å². The summed E-state index contributed by atoms with van der Waals surface area (Å²) in [6, 6.07) is 0. The number of esters is 1. The summed E-state index contributed by atoms with van der Waals surface area (Å²) >= 11 is 0. The zero-order chi connectivity index (χ0) is 22.1. The van der Waals surface area contributed by atoms with Crippen LogP contribution in [0.2, 0.25) is 0 Å². The topological polar surface area (TPSA) is 121 Å². The van der Waals surface area contributed by atoms with Gasteiger partial charge in [-0.15, -0.1) is 0 Å². The zero-order valence-electron chi connectivity index (χ0n) is 17.6. The smallest absolute Gasteiger partial charge is 0.303 e. The molecule has 4 rings (SSSR count). The number of aliphatic hydroxyl groups is 3. The van der Waals surface area contributed by atoms with Crippen molar-refractivity contribution in [3.8, 4) is 0 Å². The standard InChI is InChI=1S/C23H30O7/c1-12(24)30-11-19(28)23(29)18(27)9-16-15-5-4-13-8-14(25)6-7-21(13,2)20(15)17(26)10-22(16,23)3/h6-8,15-18,20,26-27,29H,4-5,9-11H2,1-3H3. The third-order valence-electron chi connectivity index (χ3n) is 8.55. The number of carbonyl (C=O) groups is 3. The number of carbonyl (C=O) groups excluding carboxylic acids is 3. The number of allylic oxidation sites excluding steroid dienone is 4. The lowest BCUT2D eigenvalue weighted by molar-refractivity contribution is -0.192. The Kier molecular flexibility index (Phi) is 4.88. The molecule has 7 nitrogen and oxygen atoms in total. The van der Waals surface area contributed by atoms with Crippen LogP contribution >= 0.6 is 0 Å². The Morgan fingerprint density at radius 1 is 1.27 bits per heavy atom. The number of Topliss-reactive ketones (excluding diaryl/α,β-unsaturated/α-hetero) is 1. The summed E-state index contributed by atoms with van der Waals surface area (Å²) in [5.41, 5.74) is -2.59. The fourth-order valence-electron chi connectivity index (χ4n) is 7.12. The van der Waals surface area contributed by atoms with Crippen molar-refractivity contribution >= 4 is 17.5 Å². The van der Waals surface area contributed by atoms with Crippen LogP contribution in [0, 0.1) is 28.6 Å². The second-order valence-electron chi connectivity index (χ2n) is 9.93. The molecule has 164 valence electrons. The van der Waals surface area contributed by atoms with Crippen LogP contribution in [-0.2, 0) is 19.1 Å². The Morgan fingerprint density at radius 2 is 1.97 bits per heavy atom. The molecule has 3 N–H and O–H groups in total. The number of rotatable bonds is 3. The van der Waals surface area contributed by atoms with Crippen LogP contribution in [0.1, 0.15) is 46.5 Å². The Balaban J connectivity index is 1.70. The summed E-state index contributed by atoms with van der Waals surface area (Å²) in [4.78, 5) is 35.9. The molecular formula is C23H30O7. The van der Waals surface area contributed by atoms with Crippen LogP contribution in [-0.4, -0.2) is 57.3 Å². The van der Waals surface area contributed by atoms with E-state index in [4.69, 9.17) is 4.74 Å². The zero-order valence-corrected chi connectivity index (χ0v) is 17.6. The van der Waals surface area contributed by atoms with Gasteiger partial charge in [-0.05, 0) is 49.7 Å². The first-order chi connectivity index (χ1) is 13.9. The second-order valence-corrected chi connectivity index (χ2v) is 9.93. The number of fused-ring (bicyclic) bond motifs is 5. The van der Waals surface area contributed by atoms with Gasteiger partial charge in [-0.25, -0.2) is 0 Å². The van der Waals surface area contributed by atoms with E-state index in [0.717, 1.165) is 5.57 Å². The molecule has 0 spiro atoms. The van der Waals surface area contributed by atoms with Crippen LogP contribution in [0.3, 0.4) is 0 Å². The number of ketones is 2. The highest BCUT2D eigenvalue weighted by atomic mass is 16.5. The van der Waals surface area contributed by atoms with E-state index >= 15 is 0 Å². The largest absolute Gasteiger partial charge is 0.458 e. The number of aliphatic hydroxyl groups excluding tert-OH is 2. The van der Waals surface area contributed by atoms with Crippen molar-refractivity contribution in [1.82, 2.24) is 0 Å². The molecule has 3 fully saturated rings. The number of hydrogen-bond donors (Lipinski definition) is 3. The summed E-state index contributed by atoms with van der Waals surface area (Å²) in [6.07, 6.45) is 4.78. The second kappa shape index (κ2) is 6.84. The van der Waals surface area contributed by atoms with E-state index in [1.165, 1.54) is 6.92 Å². The van der Waals surface area contributed by atoms with E-state index in [-0.39, 0.29) is 36.4 Å². The highest BCUT2D eigenvalue weighted by Gasteiger charge is 2.71. The van der Waals surface area contributed by atoms with E-state index in [9.17, 15) is 29.7 Å². The summed E-state index contributed by atoms with van der Waals surface area (Å²) in [7, 11) is 0. The van der Waals surface area contributed by atoms with Gasteiger partial charge in [0.25, 0.3) is 0 Å². The monoisotopic (exact) mass is 418 g/mol. The minimum atomic E-state index is -2.09. The van der Waals surface area contributed by atoms with E-state index < -0.39 is 47.0 Å². The molecule has 0 heterocycles. The first-order valence-corrected chi connectivity index (χ1v) is 10.6. The maximum Gasteiger partial charge on any atom is 0.303 e. The summed E-state index contributed by atoms with van der Waals surface area (Å²) in [6.45, 7) is 4.36. The molecule has 4 aliphatic rings. The maximum atomic E-state index is 12.9. The summed E-state index contributed by atoms with van der Waals surface area (Å²) < 4.78 is 4.81. The van der Waals surface area contributed by atoms with Gasteiger partial charge in [-0.2, -0.15) is 0 Å². The van der Waals surface area contributed by atoms with Crippen molar-refractivity contribution in [3.63, 3.8) is 0 Å².